The predicted octanol–water partition coefficient (Wildman–Crippen LogP) is 1.49. The maximum atomic E-state index is 11.8. The molecule has 19 heavy (non-hydrogen) atoms. The summed E-state index contributed by atoms with van der Waals surface area (Å²) >= 11 is 1.23. The zero-order valence-electron chi connectivity index (χ0n) is 10.4. The first-order valence-corrected chi connectivity index (χ1v) is 6.80. The van der Waals surface area contributed by atoms with E-state index >= 15 is 0 Å². The summed E-state index contributed by atoms with van der Waals surface area (Å²) < 4.78 is 4.81. The molecule has 1 heterocycles. The zero-order chi connectivity index (χ0) is 13.9. The van der Waals surface area contributed by atoms with E-state index in [-0.39, 0.29) is 18.3 Å². The Morgan fingerprint density at radius 1 is 1.63 bits per heavy atom. The molecule has 0 unspecified atom stereocenters. The molecule has 0 radical (unpaired) electrons. The van der Waals surface area contributed by atoms with Gasteiger partial charge in [0.05, 0.1) is 24.8 Å². The lowest BCUT2D eigenvalue weighted by molar-refractivity contribution is -0.142. The van der Waals surface area contributed by atoms with Gasteiger partial charge in [0.1, 0.15) is 5.41 Å². The Hall–Kier alpha value is -1.94. The molecule has 1 saturated carbocycles. The molecule has 0 spiro atoms. The summed E-state index contributed by atoms with van der Waals surface area (Å²) in [7, 11) is 0. The first-order chi connectivity index (χ1) is 9.09. The molecule has 0 aromatic carbocycles. The predicted molar refractivity (Wildman–Crippen MR) is 68.4 cm³/mol. The fraction of sp³-hybridized carbons (Fsp3) is 0.500. The number of ether oxygens (including phenoxy) is 1. The average molecular weight is 279 g/mol. The molecule has 1 aliphatic rings. The topological polar surface area (TPSA) is 92.1 Å². The minimum atomic E-state index is -0.868. The number of carbonyl (C=O) groups excluding carboxylic acids is 2. The molecule has 1 fully saturated rings. The van der Waals surface area contributed by atoms with E-state index in [0.29, 0.717) is 30.3 Å². The van der Waals surface area contributed by atoms with E-state index in [1.807, 2.05) is 6.07 Å². The molecule has 0 aliphatic heterocycles. The Labute approximate surface area is 114 Å². The molecule has 1 amide bonds. The molecule has 1 aromatic rings. The third-order valence-corrected chi connectivity index (χ3v) is 3.61. The lowest BCUT2D eigenvalue weighted by atomic mass is 10.1. The third kappa shape index (κ3) is 3.09. The zero-order valence-corrected chi connectivity index (χ0v) is 11.2. The van der Waals surface area contributed by atoms with Gasteiger partial charge in [0.25, 0.3) is 0 Å². The number of amides is 1. The molecule has 0 saturated heterocycles. The van der Waals surface area contributed by atoms with Gasteiger partial charge in [-0.05, 0) is 19.8 Å². The van der Waals surface area contributed by atoms with E-state index in [0.717, 1.165) is 0 Å². The highest BCUT2D eigenvalue weighted by atomic mass is 32.1. The van der Waals surface area contributed by atoms with Crippen LogP contribution in [0.5, 0.6) is 0 Å². The van der Waals surface area contributed by atoms with Gasteiger partial charge >= 0.3 is 5.97 Å². The van der Waals surface area contributed by atoms with Crippen LogP contribution in [0, 0.1) is 16.7 Å². The number of nitrogens with zero attached hydrogens (tertiary/aromatic N) is 2. The summed E-state index contributed by atoms with van der Waals surface area (Å²) in [5.41, 5.74) is -0.312. The highest BCUT2D eigenvalue weighted by molar-refractivity contribution is 7.13. The maximum Gasteiger partial charge on any atom is 0.311 e. The van der Waals surface area contributed by atoms with Crippen molar-refractivity contribution in [2.24, 2.45) is 5.41 Å². The Kier molecular flexibility index (Phi) is 3.81. The molecular formula is C12H13N3O3S. The Morgan fingerprint density at radius 2 is 2.37 bits per heavy atom. The van der Waals surface area contributed by atoms with Crippen LogP contribution < -0.4 is 5.32 Å². The smallest absolute Gasteiger partial charge is 0.311 e. The monoisotopic (exact) mass is 279 g/mol. The molecule has 100 valence electrons. The van der Waals surface area contributed by atoms with Crippen molar-refractivity contribution in [1.82, 2.24) is 4.98 Å². The summed E-state index contributed by atoms with van der Waals surface area (Å²) in [4.78, 5) is 27.2. The molecule has 0 atom stereocenters. The summed E-state index contributed by atoms with van der Waals surface area (Å²) in [5.74, 6) is -0.659. The van der Waals surface area contributed by atoms with Crippen LogP contribution in [0.3, 0.4) is 0 Å². The minimum Gasteiger partial charge on any atom is -0.466 e. The maximum absolute atomic E-state index is 11.8. The van der Waals surface area contributed by atoms with E-state index in [1.54, 1.807) is 12.3 Å². The van der Waals surface area contributed by atoms with Crippen LogP contribution in [-0.4, -0.2) is 23.5 Å². The second-order valence-corrected chi connectivity index (χ2v) is 5.13. The van der Waals surface area contributed by atoms with Crippen LogP contribution in [0.1, 0.15) is 25.5 Å². The van der Waals surface area contributed by atoms with Gasteiger partial charge in [-0.3, -0.25) is 9.59 Å². The number of rotatable bonds is 5. The Bertz CT molecular complexity index is 543. The first-order valence-electron chi connectivity index (χ1n) is 5.92. The van der Waals surface area contributed by atoms with Crippen LogP contribution >= 0.6 is 11.3 Å². The molecule has 2 rings (SSSR count). The molecular weight excluding hydrogens is 266 g/mol. The summed E-state index contributed by atoms with van der Waals surface area (Å²) in [5, 5.41) is 13.6. The molecule has 0 bridgehead atoms. The number of thiazole rings is 1. The lowest BCUT2D eigenvalue weighted by Crippen LogP contribution is -2.22. The van der Waals surface area contributed by atoms with Crippen LogP contribution in [0.4, 0.5) is 5.13 Å². The SMILES string of the molecule is CCOC(=O)Cc1csc(NC(=O)C2(C#N)CC2)n1. The number of aromatic nitrogens is 1. The fourth-order valence-corrected chi connectivity index (χ4v) is 2.24. The van der Waals surface area contributed by atoms with Crippen molar-refractivity contribution in [1.29, 1.82) is 5.26 Å². The van der Waals surface area contributed by atoms with Crippen molar-refractivity contribution in [3.8, 4) is 6.07 Å². The molecule has 1 aromatic heterocycles. The van der Waals surface area contributed by atoms with Crippen molar-refractivity contribution < 1.29 is 14.3 Å². The van der Waals surface area contributed by atoms with E-state index < -0.39 is 5.41 Å². The first kappa shape index (κ1) is 13.5. The number of esters is 1. The van der Waals surface area contributed by atoms with Gasteiger partial charge in [-0.15, -0.1) is 11.3 Å². The number of nitriles is 1. The highest BCUT2D eigenvalue weighted by Gasteiger charge is 2.50. The van der Waals surface area contributed by atoms with Crippen molar-refractivity contribution in [2.45, 2.75) is 26.2 Å². The lowest BCUT2D eigenvalue weighted by Gasteiger charge is -2.04. The second kappa shape index (κ2) is 5.36. The number of hydrogen-bond acceptors (Lipinski definition) is 6. The van der Waals surface area contributed by atoms with Crippen LogP contribution in [0.15, 0.2) is 5.38 Å². The number of carbonyl (C=O) groups is 2. The van der Waals surface area contributed by atoms with E-state index in [2.05, 4.69) is 10.3 Å². The minimum absolute atomic E-state index is 0.0869. The number of hydrogen-bond donors (Lipinski definition) is 1. The van der Waals surface area contributed by atoms with E-state index in [4.69, 9.17) is 10.00 Å². The Balaban J connectivity index is 1.93. The summed E-state index contributed by atoms with van der Waals surface area (Å²) in [6, 6.07) is 2.02. The summed E-state index contributed by atoms with van der Waals surface area (Å²) in [6.45, 7) is 2.07. The average Bonchev–Trinajstić information content (AvgIpc) is 3.07. The van der Waals surface area contributed by atoms with Crippen molar-refractivity contribution in [3.05, 3.63) is 11.1 Å². The summed E-state index contributed by atoms with van der Waals surface area (Å²) in [6.07, 6.45) is 1.27. The van der Waals surface area contributed by atoms with Gasteiger partial charge in [-0.1, -0.05) is 0 Å². The van der Waals surface area contributed by atoms with E-state index in [9.17, 15) is 9.59 Å². The molecule has 1 N–H and O–H groups in total. The number of anilines is 1. The molecule has 6 nitrogen and oxygen atoms in total. The molecule has 7 heteroatoms. The fourth-order valence-electron chi connectivity index (χ4n) is 1.54. The largest absolute Gasteiger partial charge is 0.466 e. The second-order valence-electron chi connectivity index (χ2n) is 4.27. The van der Waals surface area contributed by atoms with Gasteiger partial charge in [-0.25, -0.2) is 4.98 Å². The van der Waals surface area contributed by atoms with Crippen molar-refractivity contribution in [3.63, 3.8) is 0 Å². The quantitative estimate of drug-likeness (QED) is 0.824. The van der Waals surface area contributed by atoms with Crippen LogP contribution in [0.25, 0.3) is 0 Å². The van der Waals surface area contributed by atoms with Crippen LogP contribution in [-0.2, 0) is 20.7 Å². The standard InChI is InChI=1S/C12H13N3O3S/c1-2-18-9(16)5-8-6-19-11(14-8)15-10(17)12(7-13)3-4-12/h6H,2-5H2,1H3,(H,14,15,17). The highest BCUT2D eigenvalue weighted by Crippen LogP contribution is 2.45. The van der Waals surface area contributed by atoms with Crippen molar-refractivity contribution >= 4 is 28.3 Å². The van der Waals surface area contributed by atoms with Gasteiger partial charge in [0.2, 0.25) is 5.91 Å². The number of nitrogens with one attached hydrogen (secondary N) is 1. The van der Waals surface area contributed by atoms with E-state index in [1.165, 1.54) is 11.3 Å². The van der Waals surface area contributed by atoms with Crippen molar-refractivity contribution in [2.75, 3.05) is 11.9 Å². The van der Waals surface area contributed by atoms with Gasteiger partial charge < -0.3 is 10.1 Å². The normalized spacial score (nSPS) is 15.4. The van der Waals surface area contributed by atoms with Gasteiger partial charge in [-0.2, -0.15) is 5.26 Å². The van der Waals surface area contributed by atoms with Crippen LogP contribution in [0.2, 0.25) is 0 Å². The van der Waals surface area contributed by atoms with Gasteiger partial charge in [0.15, 0.2) is 5.13 Å². The Morgan fingerprint density at radius 3 is 2.95 bits per heavy atom. The van der Waals surface area contributed by atoms with Gasteiger partial charge in [0, 0.05) is 5.38 Å². The molecule has 1 aliphatic carbocycles. The third-order valence-electron chi connectivity index (χ3n) is 2.80.